The molecule has 21 heavy (non-hydrogen) atoms. The maximum atomic E-state index is 11.8. The largest absolute Gasteiger partial charge is 0.353 e. The van der Waals surface area contributed by atoms with Crippen LogP contribution >= 0.6 is 0 Å². The Labute approximate surface area is 124 Å². The van der Waals surface area contributed by atoms with Crippen molar-refractivity contribution >= 4 is 11.7 Å². The van der Waals surface area contributed by atoms with Crippen molar-refractivity contribution in [1.29, 1.82) is 5.26 Å². The molecular formula is C14H20N6O. The second-order valence-corrected chi connectivity index (χ2v) is 5.25. The molecule has 0 saturated carbocycles. The van der Waals surface area contributed by atoms with E-state index < -0.39 is 0 Å². The van der Waals surface area contributed by atoms with E-state index in [1.807, 2.05) is 0 Å². The number of carbonyl (C=O) groups excluding carboxylic acids is 1. The highest BCUT2D eigenvalue weighted by atomic mass is 16.2. The second kappa shape index (κ2) is 6.99. The molecule has 1 aliphatic rings. The van der Waals surface area contributed by atoms with Gasteiger partial charge in [-0.2, -0.15) is 5.26 Å². The van der Waals surface area contributed by atoms with E-state index >= 15 is 0 Å². The molecule has 1 saturated heterocycles. The van der Waals surface area contributed by atoms with E-state index in [0.29, 0.717) is 18.1 Å². The van der Waals surface area contributed by atoms with Gasteiger partial charge in [0.25, 0.3) is 0 Å². The fraction of sp³-hybridized carbons (Fsp3) is 0.571. The lowest BCUT2D eigenvalue weighted by molar-refractivity contribution is -0.129. The number of nitrogens with zero attached hydrogens (tertiary/aromatic N) is 6. The fourth-order valence-corrected chi connectivity index (χ4v) is 2.31. The molecule has 0 bridgehead atoms. The monoisotopic (exact) mass is 288 g/mol. The molecular weight excluding hydrogens is 268 g/mol. The van der Waals surface area contributed by atoms with Gasteiger partial charge in [0, 0.05) is 52.7 Å². The highest BCUT2D eigenvalue weighted by Crippen LogP contribution is 2.16. The van der Waals surface area contributed by atoms with Gasteiger partial charge in [0.05, 0.1) is 6.54 Å². The first-order chi connectivity index (χ1) is 10.1. The Morgan fingerprint density at radius 3 is 2.76 bits per heavy atom. The fourth-order valence-electron chi connectivity index (χ4n) is 2.31. The lowest BCUT2D eigenvalue weighted by Crippen LogP contribution is -2.38. The Balaban J connectivity index is 2.01. The summed E-state index contributed by atoms with van der Waals surface area (Å²) in [5.74, 6) is 0.751. The van der Waals surface area contributed by atoms with E-state index in [2.05, 4.69) is 25.8 Å². The van der Waals surface area contributed by atoms with Gasteiger partial charge in [0.1, 0.15) is 6.07 Å². The summed E-state index contributed by atoms with van der Waals surface area (Å²) in [6.07, 6.45) is 4.07. The van der Waals surface area contributed by atoms with E-state index in [1.165, 1.54) is 6.20 Å². The first kappa shape index (κ1) is 15.2. The van der Waals surface area contributed by atoms with E-state index in [0.717, 1.165) is 32.6 Å². The third-order valence-electron chi connectivity index (χ3n) is 3.53. The number of nitriles is 1. The van der Waals surface area contributed by atoms with Crippen molar-refractivity contribution in [2.45, 2.75) is 6.42 Å². The van der Waals surface area contributed by atoms with Crippen LogP contribution < -0.4 is 4.90 Å². The van der Waals surface area contributed by atoms with Crippen molar-refractivity contribution in [3.8, 4) is 6.07 Å². The van der Waals surface area contributed by atoms with Crippen LogP contribution in [0.2, 0.25) is 0 Å². The van der Waals surface area contributed by atoms with Crippen LogP contribution in [0.1, 0.15) is 12.1 Å². The summed E-state index contributed by atoms with van der Waals surface area (Å²) in [7, 11) is 3.54. The van der Waals surface area contributed by atoms with Crippen molar-refractivity contribution in [3.05, 3.63) is 18.1 Å². The van der Waals surface area contributed by atoms with E-state index in [9.17, 15) is 4.79 Å². The summed E-state index contributed by atoms with van der Waals surface area (Å²) < 4.78 is 0. The zero-order chi connectivity index (χ0) is 15.2. The molecule has 0 unspecified atom stereocenters. The van der Waals surface area contributed by atoms with Crippen LogP contribution in [-0.4, -0.2) is 72.5 Å². The zero-order valence-corrected chi connectivity index (χ0v) is 12.5. The average Bonchev–Trinajstić information content (AvgIpc) is 2.72. The SMILES string of the molecule is CN(C)C(=O)CN1CCCN(c2nccnc2C#N)CC1. The minimum atomic E-state index is 0.112. The molecule has 0 aliphatic carbocycles. The van der Waals surface area contributed by atoms with Crippen molar-refractivity contribution in [1.82, 2.24) is 19.8 Å². The van der Waals surface area contributed by atoms with Gasteiger partial charge in [-0.15, -0.1) is 0 Å². The predicted octanol–water partition coefficient (Wildman–Crippen LogP) is -0.0514. The number of rotatable bonds is 3. The topological polar surface area (TPSA) is 76.4 Å². The number of carbonyl (C=O) groups is 1. The molecule has 0 N–H and O–H groups in total. The molecule has 112 valence electrons. The Morgan fingerprint density at radius 1 is 1.29 bits per heavy atom. The van der Waals surface area contributed by atoms with Gasteiger partial charge in [0.15, 0.2) is 11.5 Å². The summed E-state index contributed by atoms with van der Waals surface area (Å²) in [6.45, 7) is 3.65. The smallest absolute Gasteiger partial charge is 0.236 e. The van der Waals surface area contributed by atoms with Gasteiger partial charge in [-0.25, -0.2) is 9.97 Å². The standard InChI is InChI=1S/C14H20N6O/c1-18(2)13(21)11-19-6-3-7-20(9-8-19)14-12(10-15)16-4-5-17-14/h4-5H,3,6-9,11H2,1-2H3. The minimum absolute atomic E-state index is 0.112. The molecule has 2 rings (SSSR count). The molecule has 7 heteroatoms. The van der Waals surface area contributed by atoms with Gasteiger partial charge in [0.2, 0.25) is 5.91 Å². The number of likely N-dealkylation sites (N-methyl/N-ethyl adjacent to an activating group) is 1. The second-order valence-electron chi connectivity index (χ2n) is 5.25. The molecule has 2 heterocycles. The molecule has 1 aromatic rings. The predicted molar refractivity (Wildman–Crippen MR) is 78.7 cm³/mol. The maximum Gasteiger partial charge on any atom is 0.236 e. The first-order valence-electron chi connectivity index (χ1n) is 7.00. The molecule has 0 aromatic carbocycles. The van der Waals surface area contributed by atoms with E-state index in [4.69, 9.17) is 5.26 Å². The van der Waals surface area contributed by atoms with Crippen LogP contribution in [0.3, 0.4) is 0 Å². The van der Waals surface area contributed by atoms with Crippen LogP contribution in [-0.2, 0) is 4.79 Å². The van der Waals surface area contributed by atoms with Crippen LogP contribution in [0, 0.1) is 11.3 Å². The molecule has 7 nitrogen and oxygen atoms in total. The molecule has 0 spiro atoms. The molecule has 1 fully saturated rings. The number of hydrogen-bond donors (Lipinski definition) is 0. The third-order valence-corrected chi connectivity index (χ3v) is 3.53. The Morgan fingerprint density at radius 2 is 2.05 bits per heavy atom. The Kier molecular flexibility index (Phi) is 5.06. The molecule has 0 radical (unpaired) electrons. The van der Waals surface area contributed by atoms with Gasteiger partial charge < -0.3 is 9.80 Å². The van der Waals surface area contributed by atoms with E-state index in [-0.39, 0.29) is 5.91 Å². The number of amides is 1. The van der Waals surface area contributed by atoms with Crippen LogP contribution in [0.5, 0.6) is 0 Å². The molecule has 1 amide bonds. The lowest BCUT2D eigenvalue weighted by Gasteiger charge is -2.23. The summed E-state index contributed by atoms with van der Waals surface area (Å²) in [5, 5.41) is 9.11. The minimum Gasteiger partial charge on any atom is -0.353 e. The van der Waals surface area contributed by atoms with Crippen molar-refractivity contribution in [3.63, 3.8) is 0 Å². The summed E-state index contributed by atoms with van der Waals surface area (Å²) in [4.78, 5) is 25.9. The van der Waals surface area contributed by atoms with Crippen LogP contribution in [0.15, 0.2) is 12.4 Å². The molecule has 0 atom stereocenters. The van der Waals surface area contributed by atoms with Crippen molar-refractivity contribution in [2.75, 3.05) is 51.7 Å². The third kappa shape index (κ3) is 3.89. The first-order valence-corrected chi connectivity index (χ1v) is 7.00. The number of anilines is 1. The maximum absolute atomic E-state index is 11.8. The highest BCUT2D eigenvalue weighted by Gasteiger charge is 2.20. The zero-order valence-electron chi connectivity index (χ0n) is 12.5. The van der Waals surface area contributed by atoms with Crippen molar-refractivity contribution in [2.24, 2.45) is 0 Å². The molecule has 1 aliphatic heterocycles. The van der Waals surface area contributed by atoms with Crippen LogP contribution in [0.25, 0.3) is 0 Å². The Bertz CT molecular complexity index is 539. The normalized spacial score (nSPS) is 16.1. The average molecular weight is 288 g/mol. The number of aromatic nitrogens is 2. The lowest BCUT2D eigenvalue weighted by atomic mass is 10.3. The summed E-state index contributed by atoms with van der Waals surface area (Å²) >= 11 is 0. The van der Waals surface area contributed by atoms with Crippen molar-refractivity contribution < 1.29 is 4.79 Å². The molecule has 1 aromatic heterocycles. The summed E-state index contributed by atoms with van der Waals surface area (Å²) in [5.41, 5.74) is 0.357. The van der Waals surface area contributed by atoms with Gasteiger partial charge in [-0.3, -0.25) is 9.69 Å². The van der Waals surface area contributed by atoms with Gasteiger partial charge in [-0.1, -0.05) is 0 Å². The van der Waals surface area contributed by atoms with Gasteiger partial charge in [-0.05, 0) is 6.42 Å². The Hall–Kier alpha value is -2.20. The number of hydrogen-bond acceptors (Lipinski definition) is 6. The van der Waals surface area contributed by atoms with Gasteiger partial charge >= 0.3 is 0 Å². The van der Waals surface area contributed by atoms with E-state index in [1.54, 1.807) is 25.2 Å². The highest BCUT2D eigenvalue weighted by molar-refractivity contribution is 5.77. The summed E-state index contributed by atoms with van der Waals surface area (Å²) in [6, 6.07) is 2.08. The van der Waals surface area contributed by atoms with Crippen LogP contribution in [0.4, 0.5) is 5.82 Å². The quantitative estimate of drug-likeness (QED) is 0.776.